The Balaban J connectivity index is 1.67. The van der Waals surface area contributed by atoms with Gasteiger partial charge in [0.05, 0.1) is 23.8 Å². The minimum Gasteiger partial charge on any atom is -0.496 e. The van der Waals surface area contributed by atoms with Gasteiger partial charge in [0.25, 0.3) is 0 Å². The molecule has 0 aliphatic heterocycles. The fraction of sp³-hybridized carbons (Fsp3) is 0.312. The van der Waals surface area contributed by atoms with E-state index in [0.717, 1.165) is 28.6 Å². The van der Waals surface area contributed by atoms with Crippen molar-refractivity contribution in [2.45, 2.75) is 25.3 Å². The lowest BCUT2D eigenvalue weighted by molar-refractivity contribution is 0.355. The van der Waals surface area contributed by atoms with Crippen molar-refractivity contribution < 1.29 is 13.8 Å². The van der Waals surface area contributed by atoms with Crippen molar-refractivity contribution in [3.05, 3.63) is 50.7 Å². The monoisotopic (exact) mass is 391 g/mol. The summed E-state index contributed by atoms with van der Waals surface area (Å²) in [6, 6.07) is 7.32. The lowest BCUT2D eigenvalue weighted by atomic mass is 10.2. The number of hydrogen-bond donors (Lipinski definition) is 0. The van der Waals surface area contributed by atoms with Crippen molar-refractivity contribution in [1.82, 2.24) is 14.9 Å². The van der Waals surface area contributed by atoms with Crippen LogP contribution in [0, 0.1) is 0 Å². The van der Waals surface area contributed by atoms with E-state index >= 15 is 0 Å². The molecule has 8 heteroatoms. The van der Waals surface area contributed by atoms with Crippen LogP contribution in [-0.4, -0.2) is 22.0 Å². The maximum absolute atomic E-state index is 12.0. The fourth-order valence-corrected chi connectivity index (χ4v) is 3.09. The molecule has 0 spiro atoms. The van der Waals surface area contributed by atoms with Crippen LogP contribution in [0.1, 0.15) is 30.2 Å². The molecule has 24 heavy (non-hydrogen) atoms. The first-order valence-corrected chi connectivity index (χ1v) is 8.31. The summed E-state index contributed by atoms with van der Waals surface area (Å²) in [5.41, 5.74) is 1.68. The molecule has 124 valence electrons. The average Bonchev–Trinajstić information content (AvgIpc) is 3.22. The molecule has 2 aromatic heterocycles. The molecule has 0 N–H and O–H groups in total. The molecule has 1 fully saturated rings. The highest BCUT2D eigenvalue weighted by Crippen LogP contribution is 2.39. The Morgan fingerprint density at radius 3 is 2.83 bits per heavy atom. The third-order valence-corrected chi connectivity index (χ3v) is 4.60. The van der Waals surface area contributed by atoms with Crippen LogP contribution >= 0.6 is 15.9 Å². The number of halogens is 1. The summed E-state index contributed by atoms with van der Waals surface area (Å²) < 4.78 is 17.6. The molecule has 0 atom stereocenters. The predicted octanol–water partition coefficient (Wildman–Crippen LogP) is 3.19. The molecule has 0 amide bonds. The quantitative estimate of drug-likeness (QED) is 0.663. The first-order valence-electron chi connectivity index (χ1n) is 7.51. The molecule has 0 saturated heterocycles. The highest BCUT2D eigenvalue weighted by atomic mass is 79.9. The number of ether oxygens (including phenoxy) is 1. The molecule has 7 nitrogen and oxygen atoms in total. The Hall–Kier alpha value is -2.35. The zero-order valence-electron chi connectivity index (χ0n) is 12.9. The van der Waals surface area contributed by atoms with Gasteiger partial charge in [0.1, 0.15) is 5.75 Å². The van der Waals surface area contributed by atoms with Gasteiger partial charge >= 0.3 is 5.76 Å². The molecular formula is C16H14BrN3O4. The largest absolute Gasteiger partial charge is 0.496 e. The Kier molecular flexibility index (Phi) is 3.76. The molecule has 1 aliphatic carbocycles. The summed E-state index contributed by atoms with van der Waals surface area (Å²) in [5.74, 6) is 1.68. The van der Waals surface area contributed by atoms with Gasteiger partial charge in [-0.25, -0.2) is 9.36 Å². The van der Waals surface area contributed by atoms with Crippen LogP contribution in [0.2, 0.25) is 0 Å². The van der Waals surface area contributed by atoms with Crippen molar-refractivity contribution in [3.8, 4) is 17.1 Å². The standard InChI is InChI=1S/C16H14BrN3O4/c1-22-14-5-4-10(6-12(14)17)15-19-24-16(21)20(15)8-11-7-13(18-23-11)9-2-3-9/h4-7,9H,2-3,8H2,1H3. The Morgan fingerprint density at radius 2 is 2.12 bits per heavy atom. The van der Waals surface area contributed by atoms with Crippen molar-refractivity contribution in [2.75, 3.05) is 7.11 Å². The van der Waals surface area contributed by atoms with E-state index in [0.29, 0.717) is 23.3 Å². The first-order chi connectivity index (χ1) is 11.7. The van der Waals surface area contributed by atoms with Gasteiger partial charge in [-0.15, -0.1) is 0 Å². The van der Waals surface area contributed by atoms with Gasteiger partial charge in [-0.1, -0.05) is 10.3 Å². The van der Waals surface area contributed by atoms with Gasteiger partial charge in [-0.3, -0.25) is 4.52 Å². The van der Waals surface area contributed by atoms with E-state index < -0.39 is 5.76 Å². The van der Waals surface area contributed by atoms with E-state index in [4.69, 9.17) is 13.8 Å². The molecule has 4 rings (SSSR count). The minimum atomic E-state index is -0.540. The lowest BCUT2D eigenvalue weighted by Crippen LogP contribution is -2.16. The molecule has 2 heterocycles. The van der Waals surface area contributed by atoms with Crippen LogP contribution in [0.3, 0.4) is 0 Å². The van der Waals surface area contributed by atoms with Crippen molar-refractivity contribution in [2.24, 2.45) is 0 Å². The third kappa shape index (κ3) is 2.77. The van der Waals surface area contributed by atoms with Crippen LogP contribution < -0.4 is 10.5 Å². The van der Waals surface area contributed by atoms with Crippen molar-refractivity contribution in [3.63, 3.8) is 0 Å². The Labute approximate surface area is 145 Å². The summed E-state index contributed by atoms with van der Waals surface area (Å²) in [5, 5.41) is 7.95. The summed E-state index contributed by atoms with van der Waals surface area (Å²) >= 11 is 3.43. The third-order valence-electron chi connectivity index (χ3n) is 3.98. The minimum absolute atomic E-state index is 0.223. The summed E-state index contributed by atoms with van der Waals surface area (Å²) in [6.45, 7) is 0.223. The molecule has 1 aliphatic rings. The van der Waals surface area contributed by atoms with E-state index in [2.05, 4.69) is 26.2 Å². The predicted molar refractivity (Wildman–Crippen MR) is 88.0 cm³/mol. The van der Waals surface area contributed by atoms with E-state index in [1.165, 1.54) is 4.57 Å². The normalized spacial score (nSPS) is 14.1. The van der Waals surface area contributed by atoms with Gasteiger partial charge in [-0.2, -0.15) is 0 Å². The average molecular weight is 392 g/mol. The van der Waals surface area contributed by atoms with E-state index in [1.54, 1.807) is 13.2 Å². The number of methoxy groups -OCH3 is 1. The fourth-order valence-electron chi connectivity index (χ4n) is 2.55. The van der Waals surface area contributed by atoms with Gasteiger partial charge in [-0.05, 0) is 47.0 Å². The van der Waals surface area contributed by atoms with Crippen LogP contribution in [0.5, 0.6) is 5.75 Å². The molecular weight excluding hydrogens is 378 g/mol. The summed E-state index contributed by atoms with van der Waals surface area (Å²) in [6.07, 6.45) is 2.29. The molecule has 1 saturated carbocycles. The maximum Gasteiger partial charge on any atom is 0.442 e. The van der Waals surface area contributed by atoms with E-state index in [1.807, 2.05) is 18.2 Å². The van der Waals surface area contributed by atoms with Crippen LogP contribution in [0.25, 0.3) is 11.4 Å². The summed E-state index contributed by atoms with van der Waals surface area (Å²) in [7, 11) is 1.59. The summed E-state index contributed by atoms with van der Waals surface area (Å²) in [4.78, 5) is 12.0. The van der Waals surface area contributed by atoms with E-state index in [-0.39, 0.29) is 6.54 Å². The number of benzene rings is 1. The SMILES string of the molecule is COc1ccc(-c2noc(=O)n2Cc2cc(C3CC3)no2)cc1Br. The second-order valence-corrected chi connectivity index (χ2v) is 6.55. The van der Waals surface area contributed by atoms with Gasteiger partial charge < -0.3 is 9.26 Å². The zero-order valence-corrected chi connectivity index (χ0v) is 14.4. The molecule has 0 bridgehead atoms. The highest BCUT2D eigenvalue weighted by molar-refractivity contribution is 9.10. The molecule has 0 radical (unpaired) electrons. The number of nitrogens with zero attached hydrogens (tertiary/aromatic N) is 3. The smallest absolute Gasteiger partial charge is 0.442 e. The lowest BCUT2D eigenvalue weighted by Gasteiger charge is -2.06. The molecule has 1 aromatic carbocycles. The van der Waals surface area contributed by atoms with Gasteiger partial charge in [0.2, 0.25) is 0 Å². The van der Waals surface area contributed by atoms with Crippen molar-refractivity contribution in [1.29, 1.82) is 0 Å². The van der Waals surface area contributed by atoms with Crippen molar-refractivity contribution >= 4 is 15.9 Å². The van der Waals surface area contributed by atoms with Crippen LogP contribution in [0.4, 0.5) is 0 Å². The van der Waals surface area contributed by atoms with Crippen LogP contribution in [-0.2, 0) is 6.54 Å². The van der Waals surface area contributed by atoms with Gasteiger partial charge in [0.15, 0.2) is 11.6 Å². The van der Waals surface area contributed by atoms with Crippen LogP contribution in [0.15, 0.2) is 42.6 Å². The second-order valence-electron chi connectivity index (χ2n) is 5.70. The number of rotatable bonds is 5. The van der Waals surface area contributed by atoms with Gasteiger partial charge in [0, 0.05) is 17.5 Å². The van der Waals surface area contributed by atoms with E-state index in [9.17, 15) is 4.79 Å². The number of hydrogen-bond acceptors (Lipinski definition) is 6. The second kappa shape index (κ2) is 5.94. The maximum atomic E-state index is 12.0. The molecule has 0 unspecified atom stereocenters. The topological polar surface area (TPSA) is 83.3 Å². The number of aromatic nitrogens is 3. The Morgan fingerprint density at radius 1 is 1.29 bits per heavy atom. The molecule has 3 aromatic rings. The Bertz CT molecular complexity index is 939. The zero-order chi connectivity index (χ0) is 16.7. The highest BCUT2D eigenvalue weighted by Gasteiger charge is 2.27. The first kappa shape index (κ1) is 15.2.